The van der Waals surface area contributed by atoms with Gasteiger partial charge in [-0.2, -0.15) is 13.2 Å². The van der Waals surface area contributed by atoms with E-state index in [9.17, 15) is 32.9 Å². The van der Waals surface area contributed by atoms with Crippen LogP contribution in [-0.2, 0) is 15.7 Å². The Kier molecular flexibility index (Phi) is 6.16. The molecular weight excluding hydrogens is 389 g/mol. The van der Waals surface area contributed by atoms with Crippen LogP contribution in [0.3, 0.4) is 0 Å². The van der Waals surface area contributed by atoms with E-state index in [1.807, 2.05) is 0 Å². The van der Waals surface area contributed by atoms with Gasteiger partial charge >= 0.3 is 12.1 Å². The molecule has 0 saturated heterocycles. The second-order valence-corrected chi connectivity index (χ2v) is 6.31. The van der Waals surface area contributed by atoms with Gasteiger partial charge in [-0.1, -0.05) is 6.07 Å². The standard InChI is InChI=1S/C16H13F3N2O5S/c1-9(15(23)26-8-13(22)14-3-2-6-27-14)20-11-5-4-10(16(17,18)19)7-12(11)21(24)25/h2-7,9,20H,8H2,1H3/t9-/m1/s1. The molecule has 0 aliphatic rings. The summed E-state index contributed by atoms with van der Waals surface area (Å²) in [6.07, 6.45) is -4.74. The lowest BCUT2D eigenvalue weighted by Crippen LogP contribution is -2.30. The topological polar surface area (TPSA) is 98.5 Å². The zero-order valence-corrected chi connectivity index (χ0v) is 14.6. The summed E-state index contributed by atoms with van der Waals surface area (Å²) in [5, 5.41) is 15.2. The summed E-state index contributed by atoms with van der Waals surface area (Å²) in [7, 11) is 0. The Balaban J connectivity index is 2.05. The minimum atomic E-state index is -4.74. The van der Waals surface area contributed by atoms with Crippen molar-refractivity contribution in [1.29, 1.82) is 0 Å². The highest BCUT2D eigenvalue weighted by atomic mass is 32.1. The molecule has 0 saturated carbocycles. The molecule has 11 heteroatoms. The van der Waals surface area contributed by atoms with Gasteiger partial charge in [-0.05, 0) is 30.5 Å². The predicted octanol–water partition coefficient (Wildman–Crippen LogP) is 3.90. The highest BCUT2D eigenvalue weighted by molar-refractivity contribution is 7.12. The average molecular weight is 402 g/mol. The number of hydrogen-bond acceptors (Lipinski definition) is 7. The number of nitro benzene ring substituents is 1. The first-order chi connectivity index (χ1) is 12.6. The first kappa shape index (κ1) is 20.4. The van der Waals surface area contributed by atoms with E-state index in [2.05, 4.69) is 5.32 Å². The maximum absolute atomic E-state index is 12.7. The largest absolute Gasteiger partial charge is 0.456 e. The van der Waals surface area contributed by atoms with Gasteiger partial charge in [0, 0.05) is 6.07 Å². The molecule has 0 bridgehead atoms. The lowest BCUT2D eigenvalue weighted by atomic mass is 10.1. The molecule has 0 spiro atoms. The zero-order valence-electron chi connectivity index (χ0n) is 13.8. The number of Topliss-reactive ketones (excluding diaryl/α,β-unsaturated/α-hetero) is 1. The number of rotatable bonds is 7. The summed E-state index contributed by atoms with van der Waals surface area (Å²) in [6, 6.07) is 3.99. The molecule has 0 radical (unpaired) electrons. The number of ether oxygens (including phenoxy) is 1. The normalized spacial score (nSPS) is 12.3. The molecule has 1 aromatic carbocycles. The van der Waals surface area contributed by atoms with Gasteiger partial charge in [-0.15, -0.1) is 11.3 Å². The number of anilines is 1. The molecule has 7 nitrogen and oxygen atoms in total. The molecule has 0 unspecified atom stereocenters. The van der Waals surface area contributed by atoms with Crippen LogP contribution in [0.15, 0.2) is 35.7 Å². The van der Waals surface area contributed by atoms with Crippen LogP contribution in [0.25, 0.3) is 0 Å². The highest BCUT2D eigenvalue weighted by Gasteiger charge is 2.33. The van der Waals surface area contributed by atoms with Gasteiger partial charge in [0.2, 0.25) is 5.78 Å². The Hall–Kier alpha value is -2.95. The first-order valence-electron chi connectivity index (χ1n) is 7.45. The number of hydrogen-bond donors (Lipinski definition) is 1. The van der Waals surface area contributed by atoms with Gasteiger partial charge in [0.25, 0.3) is 5.69 Å². The summed E-state index contributed by atoms with van der Waals surface area (Å²) >= 11 is 1.18. The van der Waals surface area contributed by atoms with E-state index in [4.69, 9.17) is 4.74 Å². The molecule has 27 heavy (non-hydrogen) atoms. The molecule has 1 atom stereocenters. The average Bonchev–Trinajstić information content (AvgIpc) is 3.13. The molecule has 0 aliphatic heterocycles. The Morgan fingerprint density at radius 3 is 2.59 bits per heavy atom. The predicted molar refractivity (Wildman–Crippen MR) is 90.8 cm³/mol. The summed E-state index contributed by atoms with van der Waals surface area (Å²) in [5.41, 5.74) is -2.29. The van der Waals surface area contributed by atoms with Crippen LogP contribution in [0.1, 0.15) is 22.2 Å². The van der Waals surface area contributed by atoms with Crippen LogP contribution < -0.4 is 5.32 Å². The van der Waals surface area contributed by atoms with E-state index in [0.29, 0.717) is 17.0 Å². The molecule has 1 heterocycles. The van der Waals surface area contributed by atoms with Crippen molar-refractivity contribution in [3.8, 4) is 0 Å². The van der Waals surface area contributed by atoms with Gasteiger partial charge < -0.3 is 10.1 Å². The van der Waals surface area contributed by atoms with E-state index >= 15 is 0 Å². The van der Waals surface area contributed by atoms with Crippen molar-refractivity contribution in [1.82, 2.24) is 0 Å². The number of benzene rings is 1. The maximum atomic E-state index is 12.7. The second-order valence-electron chi connectivity index (χ2n) is 5.36. The Bertz CT molecular complexity index is 852. The second kappa shape index (κ2) is 8.16. The number of nitrogens with zero attached hydrogens (tertiary/aromatic N) is 1. The summed E-state index contributed by atoms with van der Waals surface area (Å²) in [4.78, 5) is 34.2. The van der Waals surface area contributed by atoms with Gasteiger partial charge in [-0.3, -0.25) is 14.9 Å². The molecule has 144 valence electrons. The minimum Gasteiger partial charge on any atom is -0.456 e. The summed E-state index contributed by atoms with van der Waals surface area (Å²) in [6.45, 7) is 0.791. The van der Waals surface area contributed by atoms with Crippen LogP contribution in [0.4, 0.5) is 24.5 Å². The lowest BCUT2D eigenvalue weighted by molar-refractivity contribution is -0.384. The molecule has 2 aromatic rings. The van der Waals surface area contributed by atoms with Crippen molar-refractivity contribution in [3.63, 3.8) is 0 Å². The number of halogens is 3. The van der Waals surface area contributed by atoms with E-state index in [-0.39, 0.29) is 5.69 Å². The van der Waals surface area contributed by atoms with Crippen molar-refractivity contribution in [3.05, 3.63) is 56.3 Å². The molecule has 1 N–H and O–H groups in total. The third-order valence-electron chi connectivity index (χ3n) is 3.39. The Labute approximate surface area is 154 Å². The lowest BCUT2D eigenvalue weighted by Gasteiger charge is -2.15. The smallest absolute Gasteiger partial charge is 0.416 e. The number of alkyl halides is 3. The van der Waals surface area contributed by atoms with Gasteiger partial charge in [0.05, 0.1) is 15.4 Å². The fourth-order valence-corrected chi connectivity index (χ4v) is 2.69. The number of carbonyl (C=O) groups is 2. The van der Waals surface area contributed by atoms with Crippen LogP contribution in [-0.4, -0.2) is 29.3 Å². The third kappa shape index (κ3) is 5.26. The van der Waals surface area contributed by atoms with E-state index < -0.39 is 46.8 Å². The highest BCUT2D eigenvalue weighted by Crippen LogP contribution is 2.35. The van der Waals surface area contributed by atoms with E-state index in [1.54, 1.807) is 17.5 Å². The molecule has 0 amide bonds. The fraction of sp³-hybridized carbons (Fsp3) is 0.250. The number of carbonyl (C=O) groups excluding carboxylic acids is 2. The Morgan fingerprint density at radius 1 is 1.33 bits per heavy atom. The van der Waals surface area contributed by atoms with Crippen molar-refractivity contribution in [2.45, 2.75) is 19.1 Å². The molecular formula is C16H13F3N2O5S. The van der Waals surface area contributed by atoms with Gasteiger partial charge in [-0.25, -0.2) is 4.79 Å². The van der Waals surface area contributed by atoms with Crippen molar-refractivity contribution in [2.24, 2.45) is 0 Å². The van der Waals surface area contributed by atoms with Crippen molar-refractivity contribution in [2.75, 3.05) is 11.9 Å². The van der Waals surface area contributed by atoms with Gasteiger partial charge in [0.1, 0.15) is 11.7 Å². The number of ketones is 1. The summed E-state index contributed by atoms with van der Waals surface area (Å²) in [5.74, 6) is -1.29. The fourth-order valence-electron chi connectivity index (χ4n) is 2.04. The van der Waals surface area contributed by atoms with Gasteiger partial charge in [0.15, 0.2) is 6.61 Å². The molecule has 0 fully saturated rings. The van der Waals surface area contributed by atoms with E-state index in [1.165, 1.54) is 18.3 Å². The monoisotopic (exact) mass is 402 g/mol. The summed E-state index contributed by atoms with van der Waals surface area (Å²) < 4.78 is 42.9. The quantitative estimate of drug-likeness (QED) is 0.326. The van der Waals surface area contributed by atoms with Crippen molar-refractivity contribution < 1.29 is 32.4 Å². The molecule has 2 rings (SSSR count). The number of nitro groups is 1. The van der Waals surface area contributed by atoms with Crippen molar-refractivity contribution >= 4 is 34.5 Å². The third-order valence-corrected chi connectivity index (χ3v) is 4.30. The van der Waals surface area contributed by atoms with Crippen LogP contribution in [0, 0.1) is 10.1 Å². The van der Waals surface area contributed by atoms with E-state index in [0.717, 1.165) is 6.07 Å². The zero-order chi connectivity index (χ0) is 20.2. The van der Waals surface area contributed by atoms with Crippen LogP contribution >= 0.6 is 11.3 Å². The van der Waals surface area contributed by atoms with Crippen LogP contribution in [0.5, 0.6) is 0 Å². The SMILES string of the molecule is C[C@@H](Nc1ccc(C(F)(F)F)cc1[N+](=O)[O-])C(=O)OCC(=O)c1cccs1. The maximum Gasteiger partial charge on any atom is 0.416 e. The molecule has 0 aliphatic carbocycles. The Morgan fingerprint density at radius 2 is 2.04 bits per heavy atom. The number of thiophene rings is 1. The molecule has 1 aromatic heterocycles. The first-order valence-corrected chi connectivity index (χ1v) is 8.33. The van der Waals surface area contributed by atoms with Crippen LogP contribution in [0.2, 0.25) is 0 Å². The number of esters is 1. The minimum absolute atomic E-state index is 0.276. The number of nitrogens with one attached hydrogen (secondary N) is 1.